The Kier molecular flexibility index (Phi) is 6.68. The van der Waals surface area contributed by atoms with E-state index < -0.39 is 10.0 Å². The highest BCUT2D eigenvalue weighted by Crippen LogP contribution is 2.33. The molecule has 0 aliphatic heterocycles. The van der Waals surface area contributed by atoms with Crippen LogP contribution in [0.1, 0.15) is 39.6 Å². The molecule has 2 N–H and O–H groups in total. The Bertz CT molecular complexity index is 839. The summed E-state index contributed by atoms with van der Waals surface area (Å²) in [7, 11) is -1.94. The van der Waals surface area contributed by atoms with Gasteiger partial charge in [-0.3, -0.25) is 0 Å². The highest BCUT2D eigenvalue weighted by Gasteiger charge is 2.28. The lowest BCUT2D eigenvalue weighted by molar-refractivity contribution is 0.292. The number of nitrogens with two attached hydrogens (primary N) is 1. The van der Waals surface area contributed by atoms with Crippen molar-refractivity contribution < 1.29 is 8.42 Å². The Labute approximate surface area is 161 Å². The number of sulfonamides is 1. The summed E-state index contributed by atoms with van der Waals surface area (Å²) in [5.74, 6) is 0. The zero-order valence-corrected chi connectivity index (χ0v) is 18.1. The molecule has 25 heavy (non-hydrogen) atoms. The molecule has 0 aliphatic rings. The molecular formula is C17H28ClN3O2S2. The molecule has 0 bridgehead atoms. The molecule has 0 amide bonds. The molecule has 0 saturated heterocycles. The summed E-state index contributed by atoms with van der Waals surface area (Å²) < 4.78 is 28.0. The number of fused-ring (bicyclic) bond motifs is 1. The Balaban J connectivity index is 0.00000312. The van der Waals surface area contributed by atoms with Crippen molar-refractivity contribution >= 4 is 44.0 Å². The van der Waals surface area contributed by atoms with E-state index in [4.69, 9.17) is 5.73 Å². The van der Waals surface area contributed by atoms with Crippen LogP contribution >= 0.6 is 23.7 Å². The zero-order valence-electron chi connectivity index (χ0n) is 15.7. The number of aromatic nitrogens is 1. The summed E-state index contributed by atoms with van der Waals surface area (Å²) in [6, 6.07) is 5.15. The van der Waals surface area contributed by atoms with Gasteiger partial charge in [0.05, 0.1) is 20.1 Å². The van der Waals surface area contributed by atoms with Gasteiger partial charge < -0.3 is 5.73 Å². The number of hydrogen-bond acceptors (Lipinski definition) is 5. The van der Waals surface area contributed by atoms with Crippen LogP contribution in [0, 0.1) is 5.41 Å². The van der Waals surface area contributed by atoms with Crippen LogP contribution in [-0.4, -0.2) is 37.8 Å². The summed E-state index contributed by atoms with van der Waals surface area (Å²) >= 11 is 1.55. The topological polar surface area (TPSA) is 76.3 Å². The molecule has 1 aromatic heterocycles. The van der Waals surface area contributed by atoms with E-state index in [1.165, 1.54) is 4.31 Å². The number of hydrogen-bond donors (Lipinski definition) is 1. The second-order valence-electron chi connectivity index (χ2n) is 8.03. The van der Waals surface area contributed by atoms with E-state index in [1.54, 1.807) is 36.6 Å². The van der Waals surface area contributed by atoms with E-state index in [9.17, 15) is 8.42 Å². The van der Waals surface area contributed by atoms with Gasteiger partial charge in [-0.05, 0) is 30.2 Å². The van der Waals surface area contributed by atoms with Crippen molar-refractivity contribution in [2.24, 2.45) is 11.1 Å². The molecule has 8 heteroatoms. The molecule has 0 radical (unpaired) electrons. The third-order valence-corrected chi connectivity index (χ3v) is 7.16. The van der Waals surface area contributed by atoms with E-state index in [0.29, 0.717) is 18.0 Å². The Morgan fingerprint density at radius 2 is 1.80 bits per heavy atom. The predicted molar refractivity (Wildman–Crippen MR) is 108 cm³/mol. The van der Waals surface area contributed by atoms with Gasteiger partial charge in [0, 0.05) is 19.0 Å². The van der Waals surface area contributed by atoms with Crippen LogP contribution in [0.4, 0.5) is 0 Å². The average molecular weight is 406 g/mol. The predicted octanol–water partition coefficient (Wildman–Crippen LogP) is 3.62. The maximum absolute atomic E-state index is 12.8. The van der Waals surface area contributed by atoms with Crippen LogP contribution < -0.4 is 5.73 Å². The zero-order chi connectivity index (χ0) is 18.3. The molecule has 0 aliphatic carbocycles. The normalized spacial score (nSPS) is 13.3. The number of nitrogens with zero attached hydrogens (tertiary/aromatic N) is 2. The summed E-state index contributed by atoms with van der Waals surface area (Å²) in [6.45, 7) is 11.0. The fraction of sp³-hybridized carbons (Fsp3) is 0.588. The first-order valence-corrected chi connectivity index (χ1v) is 10.2. The maximum Gasteiger partial charge on any atom is 0.242 e. The van der Waals surface area contributed by atoms with Gasteiger partial charge >= 0.3 is 0 Å². The third-order valence-electron chi connectivity index (χ3n) is 3.91. The van der Waals surface area contributed by atoms with Gasteiger partial charge in [0.2, 0.25) is 10.0 Å². The van der Waals surface area contributed by atoms with Crippen molar-refractivity contribution in [3.8, 4) is 0 Å². The van der Waals surface area contributed by atoms with Gasteiger partial charge in [0.25, 0.3) is 0 Å². The van der Waals surface area contributed by atoms with E-state index in [2.05, 4.69) is 25.8 Å². The van der Waals surface area contributed by atoms with Crippen molar-refractivity contribution in [3.05, 3.63) is 23.2 Å². The standard InChI is InChI=1S/C17H27N3O2S2.ClH/c1-16(2,3)15-19-13-8-7-12(9-14(13)23-15)24(21,22)20(6)11-17(4,5)10-18;/h7-9H,10-11,18H2,1-6H3;1H. The fourth-order valence-electron chi connectivity index (χ4n) is 2.32. The van der Waals surface area contributed by atoms with Crippen LogP contribution in [0.3, 0.4) is 0 Å². The second kappa shape index (κ2) is 7.48. The molecule has 5 nitrogen and oxygen atoms in total. The lowest BCUT2D eigenvalue weighted by atomic mass is 9.94. The average Bonchev–Trinajstić information content (AvgIpc) is 2.89. The second-order valence-corrected chi connectivity index (χ2v) is 11.1. The summed E-state index contributed by atoms with van der Waals surface area (Å²) in [5, 5.41) is 1.00. The molecular weight excluding hydrogens is 378 g/mol. The van der Waals surface area contributed by atoms with Crippen molar-refractivity contribution in [2.75, 3.05) is 20.1 Å². The van der Waals surface area contributed by atoms with E-state index in [-0.39, 0.29) is 23.2 Å². The van der Waals surface area contributed by atoms with Crippen LogP contribution in [-0.2, 0) is 15.4 Å². The van der Waals surface area contributed by atoms with Gasteiger partial charge in [-0.25, -0.2) is 17.7 Å². The van der Waals surface area contributed by atoms with Crippen molar-refractivity contribution in [3.63, 3.8) is 0 Å². The van der Waals surface area contributed by atoms with E-state index in [0.717, 1.165) is 15.2 Å². The van der Waals surface area contributed by atoms with Crippen molar-refractivity contribution in [1.29, 1.82) is 0 Å². The number of benzene rings is 1. The number of thiazole rings is 1. The van der Waals surface area contributed by atoms with Gasteiger partial charge in [0.1, 0.15) is 0 Å². The van der Waals surface area contributed by atoms with Gasteiger partial charge in [-0.2, -0.15) is 0 Å². The summed E-state index contributed by atoms with van der Waals surface area (Å²) in [5.41, 5.74) is 6.25. The van der Waals surface area contributed by atoms with Crippen molar-refractivity contribution in [2.45, 2.75) is 44.9 Å². The first kappa shape index (κ1) is 22.3. The summed E-state index contributed by atoms with van der Waals surface area (Å²) in [4.78, 5) is 4.92. The van der Waals surface area contributed by atoms with Crippen LogP contribution in [0.25, 0.3) is 10.2 Å². The number of halogens is 1. The Morgan fingerprint density at radius 3 is 2.32 bits per heavy atom. The molecule has 0 saturated carbocycles. The molecule has 2 rings (SSSR count). The van der Waals surface area contributed by atoms with Crippen LogP contribution in [0.5, 0.6) is 0 Å². The van der Waals surface area contributed by atoms with Gasteiger partial charge in [-0.1, -0.05) is 34.6 Å². The van der Waals surface area contributed by atoms with Crippen LogP contribution in [0.15, 0.2) is 23.1 Å². The van der Waals surface area contributed by atoms with Crippen molar-refractivity contribution in [1.82, 2.24) is 9.29 Å². The minimum atomic E-state index is -3.54. The molecule has 2 aromatic rings. The van der Waals surface area contributed by atoms with Crippen LogP contribution in [0.2, 0.25) is 0 Å². The molecule has 1 heterocycles. The molecule has 142 valence electrons. The largest absolute Gasteiger partial charge is 0.330 e. The quantitative estimate of drug-likeness (QED) is 0.824. The highest BCUT2D eigenvalue weighted by atomic mass is 35.5. The highest BCUT2D eigenvalue weighted by molar-refractivity contribution is 7.89. The molecule has 0 unspecified atom stereocenters. The minimum Gasteiger partial charge on any atom is -0.330 e. The number of rotatable bonds is 5. The first-order valence-electron chi connectivity index (χ1n) is 7.94. The third kappa shape index (κ3) is 4.92. The smallest absolute Gasteiger partial charge is 0.242 e. The lowest BCUT2D eigenvalue weighted by Crippen LogP contribution is -2.39. The SMILES string of the molecule is CN(CC(C)(C)CN)S(=O)(=O)c1ccc2nc(C(C)(C)C)sc2c1.Cl. The monoisotopic (exact) mass is 405 g/mol. The molecule has 0 spiro atoms. The fourth-order valence-corrected chi connectivity index (χ4v) is 4.84. The Morgan fingerprint density at radius 1 is 1.20 bits per heavy atom. The molecule has 0 atom stereocenters. The maximum atomic E-state index is 12.8. The van der Waals surface area contributed by atoms with Gasteiger partial charge in [0.15, 0.2) is 0 Å². The first-order chi connectivity index (χ1) is 10.9. The lowest BCUT2D eigenvalue weighted by Gasteiger charge is -2.28. The minimum absolute atomic E-state index is 0. The summed E-state index contributed by atoms with van der Waals surface area (Å²) in [6.07, 6.45) is 0. The van der Waals surface area contributed by atoms with E-state index in [1.807, 2.05) is 13.8 Å². The molecule has 1 aromatic carbocycles. The van der Waals surface area contributed by atoms with E-state index >= 15 is 0 Å². The van der Waals surface area contributed by atoms with Gasteiger partial charge in [-0.15, -0.1) is 23.7 Å². The Hall–Kier alpha value is -0.730. The molecule has 0 fully saturated rings.